The first-order valence-corrected chi connectivity index (χ1v) is 6.81. The summed E-state index contributed by atoms with van der Waals surface area (Å²) in [4.78, 5) is 8.76. The Morgan fingerprint density at radius 3 is 2.33 bits per heavy atom. The summed E-state index contributed by atoms with van der Waals surface area (Å²) in [6, 6.07) is 1.97. The minimum absolute atomic E-state index is 0.0270. The maximum atomic E-state index is 9.65. The molecule has 0 saturated heterocycles. The third-order valence-electron chi connectivity index (χ3n) is 3.85. The summed E-state index contributed by atoms with van der Waals surface area (Å²) in [6.07, 6.45) is 5.93. The summed E-state index contributed by atoms with van der Waals surface area (Å²) in [5.41, 5.74) is 1.98. The third kappa shape index (κ3) is 3.19. The van der Waals surface area contributed by atoms with Crippen LogP contribution in [0.4, 0.5) is 5.95 Å². The first-order chi connectivity index (χ1) is 8.63. The molecular formula is C14H23N3O. The van der Waals surface area contributed by atoms with Crippen LogP contribution in [0.3, 0.4) is 0 Å². The Balaban J connectivity index is 2.00. The third-order valence-corrected chi connectivity index (χ3v) is 3.85. The molecule has 0 unspecified atom stereocenters. The minimum Gasteiger partial charge on any atom is -0.396 e. The predicted octanol–water partition coefficient (Wildman–Crippen LogP) is 2.45. The van der Waals surface area contributed by atoms with Crippen LogP contribution in [0.2, 0.25) is 0 Å². The van der Waals surface area contributed by atoms with Gasteiger partial charge in [-0.25, -0.2) is 9.97 Å². The molecular weight excluding hydrogens is 226 g/mol. The Labute approximate surface area is 109 Å². The van der Waals surface area contributed by atoms with Crippen molar-refractivity contribution in [2.45, 2.75) is 46.0 Å². The van der Waals surface area contributed by atoms with Crippen molar-refractivity contribution in [3.05, 3.63) is 17.5 Å². The Hall–Kier alpha value is -1.16. The number of anilines is 1. The molecule has 1 fully saturated rings. The summed E-state index contributed by atoms with van der Waals surface area (Å²) < 4.78 is 0. The molecule has 1 aliphatic rings. The lowest BCUT2D eigenvalue weighted by molar-refractivity contribution is 0.0942. The average molecular weight is 249 g/mol. The highest BCUT2D eigenvalue weighted by Crippen LogP contribution is 2.35. The van der Waals surface area contributed by atoms with Gasteiger partial charge < -0.3 is 10.4 Å². The van der Waals surface area contributed by atoms with Crippen molar-refractivity contribution in [3.8, 4) is 0 Å². The van der Waals surface area contributed by atoms with Crippen LogP contribution in [0.15, 0.2) is 6.07 Å². The lowest BCUT2D eigenvalue weighted by Gasteiger charge is -2.35. The number of hydrogen-bond donors (Lipinski definition) is 2. The largest absolute Gasteiger partial charge is 0.396 e. The molecule has 4 heteroatoms. The second-order valence-corrected chi connectivity index (χ2v) is 5.55. The van der Waals surface area contributed by atoms with Gasteiger partial charge in [-0.05, 0) is 32.8 Å². The first-order valence-electron chi connectivity index (χ1n) is 6.81. The summed E-state index contributed by atoms with van der Waals surface area (Å²) in [7, 11) is 0. The van der Waals surface area contributed by atoms with Crippen LogP contribution >= 0.6 is 0 Å². The highest BCUT2D eigenvalue weighted by atomic mass is 16.3. The van der Waals surface area contributed by atoms with Crippen molar-refractivity contribution >= 4 is 5.95 Å². The molecule has 0 bridgehead atoms. The van der Waals surface area contributed by atoms with E-state index in [1.165, 1.54) is 19.3 Å². The molecule has 0 aliphatic heterocycles. The van der Waals surface area contributed by atoms with Gasteiger partial charge in [0.05, 0.1) is 6.61 Å². The second-order valence-electron chi connectivity index (χ2n) is 5.55. The molecule has 2 N–H and O–H groups in total. The molecule has 18 heavy (non-hydrogen) atoms. The van der Waals surface area contributed by atoms with E-state index in [1.54, 1.807) is 0 Å². The van der Waals surface area contributed by atoms with Crippen molar-refractivity contribution in [3.63, 3.8) is 0 Å². The molecule has 0 atom stereocenters. The predicted molar refractivity (Wildman–Crippen MR) is 72.6 cm³/mol. The van der Waals surface area contributed by atoms with Gasteiger partial charge in [0.25, 0.3) is 0 Å². The van der Waals surface area contributed by atoms with E-state index in [0.29, 0.717) is 5.95 Å². The Morgan fingerprint density at radius 1 is 1.17 bits per heavy atom. The summed E-state index contributed by atoms with van der Waals surface area (Å²) in [5.74, 6) is 0.686. The van der Waals surface area contributed by atoms with E-state index in [1.807, 2.05) is 19.9 Å². The Morgan fingerprint density at radius 2 is 1.78 bits per heavy atom. The quantitative estimate of drug-likeness (QED) is 0.860. The fourth-order valence-corrected chi connectivity index (χ4v) is 2.76. The van der Waals surface area contributed by atoms with Crippen LogP contribution in [0, 0.1) is 19.3 Å². The average Bonchev–Trinajstić information content (AvgIpc) is 2.36. The van der Waals surface area contributed by atoms with E-state index < -0.39 is 0 Å². The molecule has 1 aromatic rings. The van der Waals surface area contributed by atoms with E-state index in [9.17, 15) is 5.11 Å². The summed E-state index contributed by atoms with van der Waals surface area (Å²) >= 11 is 0. The minimum atomic E-state index is 0.0270. The zero-order valence-corrected chi connectivity index (χ0v) is 11.4. The van der Waals surface area contributed by atoms with Crippen LogP contribution < -0.4 is 5.32 Å². The van der Waals surface area contributed by atoms with Gasteiger partial charge in [-0.3, -0.25) is 0 Å². The zero-order chi connectivity index (χ0) is 13.0. The van der Waals surface area contributed by atoms with Crippen LogP contribution in [0.5, 0.6) is 0 Å². The van der Waals surface area contributed by atoms with Crippen LogP contribution in [0.1, 0.15) is 43.5 Å². The molecule has 2 rings (SSSR count). The smallest absolute Gasteiger partial charge is 0.223 e. The van der Waals surface area contributed by atoms with Gasteiger partial charge in [-0.15, -0.1) is 0 Å². The molecule has 0 aromatic carbocycles. The van der Waals surface area contributed by atoms with Crippen molar-refractivity contribution in [2.24, 2.45) is 5.41 Å². The highest BCUT2D eigenvalue weighted by molar-refractivity contribution is 5.28. The standard InChI is InChI=1S/C14H23N3O/c1-11-8-12(2)17-13(16-11)15-9-14(10-18)6-4-3-5-7-14/h8,18H,3-7,9-10H2,1-2H3,(H,15,16,17). The zero-order valence-electron chi connectivity index (χ0n) is 11.4. The lowest BCUT2D eigenvalue weighted by atomic mass is 9.74. The molecule has 1 heterocycles. The van der Waals surface area contributed by atoms with Gasteiger partial charge in [0.1, 0.15) is 0 Å². The van der Waals surface area contributed by atoms with Crippen LogP contribution in [0.25, 0.3) is 0 Å². The van der Waals surface area contributed by atoms with Crippen LogP contribution in [-0.4, -0.2) is 28.2 Å². The van der Waals surface area contributed by atoms with E-state index in [-0.39, 0.29) is 12.0 Å². The Kier molecular flexibility index (Phi) is 4.17. The molecule has 100 valence electrons. The lowest BCUT2D eigenvalue weighted by Crippen LogP contribution is -2.36. The SMILES string of the molecule is Cc1cc(C)nc(NCC2(CO)CCCCC2)n1. The van der Waals surface area contributed by atoms with Gasteiger partial charge in [-0.2, -0.15) is 0 Å². The number of aliphatic hydroxyl groups excluding tert-OH is 1. The normalized spacial score (nSPS) is 18.6. The maximum absolute atomic E-state index is 9.65. The van der Waals surface area contributed by atoms with Crippen LogP contribution in [-0.2, 0) is 0 Å². The molecule has 4 nitrogen and oxygen atoms in total. The molecule has 1 saturated carbocycles. The second kappa shape index (κ2) is 5.65. The van der Waals surface area contributed by atoms with Crippen molar-refractivity contribution in [1.82, 2.24) is 9.97 Å². The number of hydrogen-bond acceptors (Lipinski definition) is 4. The number of nitrogens with zero attached hydrogens (tertiary/aromatic N) is 2. The first kappa shape index (κ1) is 13.3. The van der Waals surface area contributed by atoms with Gasteiger partial charge in [-0.1, -0.05) is 19.3 Å². The van der Waals surface area contributed by atoms with Gasteiger partial charge in [0, 0.05) is 23.3 Å². The van der Waals surface area contributed by atoms with Gasteiger partial charge in [0.2, 0.25) is 5.95 Å². The van der Waals surface area contributed by atoms with Gasteiger partial charge >= 0.3 is 0 Å². The number of aromatic nitrogens is 2. The summed E-state index contributed by atoms with van der Waals surface area (Å²) in [6.45, 7) is 4.97. The number of nitrogens with one attached hydrogen (secondary N) is 1. The van der Waals surface area contributed by atoms with Crippen molar-refractivity contribution in [2.75, 3.05) is 18.5 Å². The van der Waals surface area contributed by atoms with Crippen molar-refractivity contribution in [1.29, 1.82) is 0 Å². The van der Waals surface area contributed by atoms with E-state index >= 15 is 0 Å². The fourth-order valence-electron chi connectivity index (χ4n) is 2.76. The highest BCUT2D eigenvalue weighted by Gasteiger charge is 2.31. The van der Waals surface area contributed by atoms with E-state index in [0.717, 1.165) is 30.8 Å². The molecule has 0 spiro atoms. The summed E-state index contributed by atoms with van der Waals surface area (Å²) in [5, 5.41) is 13.0. The molecule has 0 amide bonds. The number of aryl methyl sites for hydroxylation is 2. The fraction of sp³-hybridized carbons (Fsp3) is 0.714. The molecule has 0 radical (unpaired) electrons. The topological polar surface area (TPSA) is 58.0 Å². The van der Waals surface area contributed by atoms with Gasteiger partial charge in [0.15, 0.2) is 0 Å². The number of rotatable bonds is 4. The van der Waals surface area contributed by atoms with E-state index in [4.69, 9.17) is 0 Å². The molecule has 1 aromatic heterocycles. The van der Waals surface area contributed by atoms with Crippen molar-refractivity contribution < 1.29 is 5.11 Å². The maximum Gasteiger partial charge on any atom is 0.223 e. The number of aliphatic hydroxyl groups is 1. The molecule has 1 aliphatic carbocycles. The Bertz CT molecular complexity index is 380. The van der Waals surface area contributed by atoms with E-state index in [2.05, 4.69) is 15.3 Å². The monoisotopic (exact) mass is 249 g/mol.